The first-order chi connectivity index (χ1) is 11.3. The van der Waals surface area contributed by atoms with Crippen molar-refractivity contribution in [1.82, 2.24) is 14.8 Å². The summed E-state index contributed by atoms with van der Waals surface area (Å²) in [6.07, 6.45) is 3.61. The Labute approximate surface area is 152 Å². The third-order valence-electron chi connectivity index (χ3n) is 4.77. The molecule has 130 valence electrons. The van der Waals surface area contributed by atoms with E-state index in [4.69, 9.17) is 0 Å². The highest BCUT2D eigenvalue weighted by atomic mass is 32.2. The average Bonchev–Trinajstić information content (AvgIpc) is 3.06. The van der Waals surface area contributed by atoms with Crippen molar-refractivity contribution in [2.24, 2.45) is 18.4 Å². The second kappa shape index (κ2) is 6.64. The quantitative estimate of drug-likeness (QED) is 0.757. The van der Waals surface area contributed by atoms with Gasteiger partial charge in [0.15, 0.2) is 11.0 Å². The van der Waals surface area contributed by atoms with Crippen LogP contribution >= 0.6 is 23.1 Å². The number of fused-ring (bicyclic) bond motifs is 1. The molecule has 0 fully saturated rings. The lowest BCUT2D eigenvalue weighted by Crippen LogP contribution is -2.26. The lowest BCUT2D eigenvalue weighted by atomic mass is 9.72. The Balaban J connectivity index is 1.83. The number of aryl methyl sites for hydroxylation is 1. The van der Waals surface area contributed by atoms with Crippen LogP contribution < -0.4 is 0 Å². The van der Waals surface area contributed by atoms with Crippen LogP contribution in [0.1, 0.15) is 44.6 Å². The molecule has 0 saturated heterocycles. The fourth-order valence-electron chi connectivity index (χ4n) is 3.19. The van der Waals surface area contributed by atoms with E-state index in [2.05, 4.69) is 37.0 Å². The van der Waals surface area contributed by atoms with E-state index in [9.17, 15) is 4.79 Å². The van der Waals surface area contributed by atoms with Crippen LogP contribution in [0.3, 0.4) is 0 Å². The summed E-state index contributed by atoms with van der Waals surface area (Å²) in [5.74, 6) is 2.26. The Kier molecular flexibility index (Phi) is 4.89. The molecule has 0 amide bonds. The van der Waals surface area contributed by atoms with Gasteiger partial charge in [-0.25, -0.2) is 0 Å². The van der Waals surface area contributed by atoms with Crippen LogP contribution in [0, 0.1) is 11.3 Å². The zero-order valence-corrected chi connectivity index (χ0v) is 16.7. The maximum absolute atomic E-state index is 11.2. The van der Waals surface area contributed by atoms with E-state index >= 15 is 0 Å². The van der Waals surface area contributed by atoms with Gasteiger partial charge < -0.3 is 4.57 Å². The summed E-state index contributed by atoms with van der Waals surface area (Å²) >= 11 is 3.31. The molecule has 0 aliphatic heterocycles. The summed E-state index contributed by atoms with van der Waals surface area (Å²) in [5.41, 5.74) is 1.85. The summed E-state index contributed by atoms with van der Waals surface area (Å²) < 4.78 is 2.01. The Hall–Kier alpha value is -1.14. The van der Waals surface area contributed by atoms with E-state index in [1.165, 1.54) is 46.3 Å². The van der Waals surface area contributed by atoms with Crippen molar-refractivity contribution in [2.45, 2.75) is 52.1 Å². The van der Waals surface area contributed by atoms with E-state index in [1.54, 1.807) is 6.92 Å². The van der Waals surface area contributed by atoms with Crippen LogP contribution in [0.25, 0.3) is 10.7 Å². The van der Waals surface area contributed by atoms with Crippen LogP contribution in [0.4, 0.5) is 0 Å². The molecule has 0 radical (unpaired) electrons. The molecule has 1 aliphatic rings. The van der Waals surface area contributed by atoms with Crippen molar-refractivity contribution in [2.75, 3.05) is 5.75 Å². The molecule has 2 aromatic rings. The van der Waals surface area contributed by atoms with Gasteiger partial charge >= 0.3 is 0 Å². The van der Waals surface area contributed by atoms with Gasteiger partial charge in [-0.05, 0) is 49.1 Å². The van der Waals surface area contributed by atoms with Crippen molar-refractivity contribution in [3.63, 3.8) is 0 Å². The van der Waals surface area contributed by atoms with Gasteiger partial charge in [-0.1, -0.05) is 32.5 Å². The molecule has 3 rings (SSSR count). The smallest absolute Gasteiger partial charge is 0.191 e. The SMILES string of the molecule is CC(=O)CSc1nnc(-c2cc3c(s2)CCC(C(C)(C)C)C3)n1C. The predicted molar refractivity (Wildman–Crippen MR) is 101 cm³/mol. The Bertz CT molecular complexity index is 755. The van der Waals surface area contributed by atoms with E-state index in [1.807, 2.05) is 23.0 Å². The Morgan fingerprint density at radius 1 is 1.42 bits per heavy atom. The van der Waals surface area contributed by atoms with Crippen LogP contribution in [0.2, 0.25) is 0 Å². The minimum atomic E-state index is 0.157. The monoisotopic (exact) mass is 363 g/mol. The zero-order valence-electron chi connectivity index (χ0n) is 15.0. The van der Waals surface area contributed by atoms with Crippen LogP contribution in [-0.2, 0) is 24.7 Å². The number of rotatable bonds is 4. The molecule has 0 bridgehead atoms. The van der Waals surface area contributed by atoms with Crippen molar-refractivity contribution in [1.29, 1.82) is 0 Å². The molecule has 1 aliphatic carbocycles. The highest BCUT2D eigenvalue weighted by Crippen LogP contribution is 2.42. The van der Waals surface area contributed by atoms with E-state index in [0.29, 0.717) is 11.2 Å². The van der Waals surface area contributed by atoms with Crippen molar-refractivity contribution in [3.8, 4) is 10.7 Å². The first-order valence-corrected chi connectivity index (χ1v) is 10.2. The minimum absolute atomic E-state index is 0.157. The van der Waals surface area contributed by atoms with Gasteiger partial charge in [0.25, 0.3) is 0 Å². The highest BCUT2D eigenvalue weighted by Gasteiger charge is 2.30. The largest absolute Gasteiger partial charge is 0.304 e. The molecule has 2 aromatic heterocycles. The molecule has 0 spiro atoms. The third kappa shape index (κ3) is 3.59. The highest BCUT2D eigenvalue weighted by molar-refractivity contribution is 7.99. The second-order valence-electron chi connectivity index (χ2n) is 7.72. The maximum atomic E-state index is 11.2. The van der Waals surface area contributed by atoms with Gasteiger partial charge in [-0.2, -0.15) is 0 Å². The molecular formula is C18H25N3OS2. The second-order valence-corrected chi connectivity index (χ2v) is 9.80. The average molecular weight is 364 g/mol. The number of thioether (sulfide) groups is 1. The molecule has 1 atom stereocenters. The van der Waals surface area contributed by atoms with Crippen molar-refractivity contribution in [3.05, 3.63) is 16.5 Å². The topological polar surface area (TPSA) is 47.8 Å². The summed E-state index contributed by atoms with van der Waals surface area (Å²) in [6, 6.07) is 2.31. The zero-order chi connectivity index (χ0) is 17.5. The number of Topliss-reactive ketones (excluding diaryl/α,β-unsaturated/α-hetero) is 1. The normalized spacial score (nSPS) is 17.8. The fourth-order valence-corrected chi connectivity index (χ4v) is 5.13. The molecule has 4 nitrogen and oxygen atoms in total. The molecule has 0 aromatic carbocycles. The van der Waals surface area contributed by atoms with E-state index < -0.39 is 0 Å². The number of carbonyl (C=O) groups is 1. The lowest BCUT2D eigenvalue weighted by Gasteiger charge is -2.33. The number of carbonyl (C=O) groups excluding carboxylic acids is 1. The van der Waals surface area contributed by atoms with Crippen LogP contribution in [-0.4, -0.2) is 26.3 Å². The van der Waals surface area contributed by atoms with E-state index in [0.717, 1.165) is 16.9 Å². The first-order valence-electron chi connectivity index (χ1n) is 8.39. The lowest BCUT2D eigenvalue weighted by molar-refractivity contribution is -0.114. The molecule has 2 heterocycles. The van der Waals surface area contributed by atoms with Gasteiger partial charge in [-0.3, -0.25) is 4.79 Å². The number of aromatic nitrogens is 3. The molecule has 0 N–H and O–H groups in total. The van der Waals surface area contributed by atoms with Crippen LogP contribution in [0.5, 0.6) is 0 Å². The summed E-state index contributed by atoms with van der Waals surface area (Å²) in [5, 5.41) is 9.43. The third-order valence-corrected chi connectivity index (χ3v) is 7.17. The fraction of sp³-hybridized carbons (Fsp3) is 0.611. The molecule has 6 heteroatoms. The maximum Gasteiger partial charge on any atom is 0.191 e. The van der Waals surface area contributed by atoms with Gasteiger partial charge in [-0.15, -0.1) is 21.5 Å². The number of ketones is 1. The van der Waals surface area contributed by atoms with Crippen LogP contribution in [0.15, 0.2) is 11.2 Å². The standard InChI is InChI=1S/C18H25N3OS2/c1-11(22)10-23-17-20-19-16(21(17)5)15-9-12-8-13(18(2,3)4)6-7-14(12)24-15/h9,13H,6-8,10H2,1-5H3. The van der Waals surface area contributed by atoms with Gasteiger partial charge in [0.05, 0.1) is 10.6 Å². The summed E-state index contributed by atoms with van der Waals surface area (Å²) in [7, 11) is 1.98. The van der Waals surface area contributed by atoms with Crippen molar-refractivity contribution < 1.29 is 4.79 Å². The first kappa shape index (κ1) is 17.7. The van der Waals surface area contributed by atoms with Crippen molar-refractivity contribution >= 4 is 28.9 Å². The van der Waals surface area contributed by atoms with E-state index in [-0.39, 0.29) is 5.78 Å². The number of nitrogens with zero attached hydrogens (tertiary/aromatic N) is 3. The summed E-state index contributed by atoms with van der Waals surface area (Å²) in [4.78, 5) is 13.9. The number of hydrogen-bond acceptors (Lipinski definition) is 5. The Morgan fingerprint density at radius 3 is 2.83 bits per heavy atom. The minimum Gasteiger partial charge on any atom is -0.304 e. The molecular weight excluding hydrogens is 338 g/mol. The molecule has 0 saturated carbocycles. The molecule has 24 heavy (non-hydrogen) atoms. The van der Waals surface area contributed by atoms with Gasteiger partial charge in [0, 0.05) is 11.9 Å². The summed E-state index contributed by atoms with van der Waals surface area (Å²) in [6.45, 7) is 8.63. The predicted octanol–water partition coefficient (Wildman–Crippen LogP) is 4.38. The van der Waals surface area contributed by atoms with Gasteiger partial charge in [0.2, 0.25) is 0 Å². The Morgan fingerprint density at radius 2 is 2.17 bits per heavy atom. The number of thiophene rings is 1. The van der Waals surface area contributed by atoms with Gasteiger partial charge in [0.1, 0.15) is 5.78 Å². The molecule has 1 unspecified atom stereocenters. The number of hydrogen-bond donors (Lipinski definition) is 0.